The molecule has 0 bridgehead atoms. The van der Waals surface area contributed by atoms with Crippen LogP contribution in [0.1, 0.15) is 49.9 Å². The highest BCUT2D eigenvalue weighted by atomic mass is 32.2. The number of rotatable bonds is 4. The van der Waals surface area contributed by atoms with Gasteiger partial charge in [-0.3, -0.25) is 0 Å². The maximum Gasteiger partial charge on any atom is 0.252 e. The largest absolute Gasteiger partial charge is 0.453 e. The van der Waals surface area contributed by atoms with Crippen LogP contribution in [0.3, 0.4) is 0 Å². The van der Waals surface area contributed by atoms with Crippen LogP contribution in [-0.2, 0) is 10.8 Å². The summed E-state index contributed by atoms with van der Waals surface area (Å²) in [6, 6.07) is 114. The molecule has 506 valence electrons. The summed E-state index contributed by atoms with van der Waals surface area (Å²) in [6.07, 6.45) is 0. The predicted octanol–water partition coefficient (Wildman–Crippen LogP) is 22.5. The maximum absolute atomic E-state index is 7.46. The monoisotopic (exact) mass is 1420 g/mol. The van der Waals surface area contributed by atoms with Gasteiger partial charge in [0.25, 0.3) is 13.4 Å². The van der Waals surface area contributed by atoms with Gasteiger partial charge in [0.15, 0.2) is 23.0 Å². The molecular weight excluding hydrogens is 1350 g/mol. The van der Waals surface area contributed by atoms with Gasteiger partial charge in [0, 0.05) is 70.2 Å². The van der Waals surface area contributed by atoms with E-state index in [-0.39, 0.29) is 24.3 Å². The Labute approximate surface area is 635 Å². The second-order valence-corrected chi connectivity index (χ2v) is 33.2. The Morgan fingerprint density at radius 3 is 1.24 bits per heavy atom. The van der Waals surface area contributed by atoms with E-state index in [0.29, 0.717) is 0 Å². The summed E-state index contributed by atoms with van der Waals surface area (Å²) >= 11 is 3.70. The molecule has 0 aromatic heterocycles. The zero-order valence-electron chi connectivity index (χ0n) is 59.3. The van der Waals surface area contributed by atoms with Gasteiger partial charge in [0.05, 0.1) is 62.6 Å². The van der Waals surface area contributed by atoms with Gasteiger partial charge in [-0.1, -0.05) is 227 Å². The van der Waals surface area contributed by atoms with Gasteiger partial charge in [0.2, 0.25) is 0 Å². The fourth-order valence-electron chi connectivity index (χ4n) is 20.3. The number of ether oxygens (including phenoxy) is 2. The van der Waals surface area contributed by atoms with E-state index in [1.165, 1.54) is 120 Å². The lowest BCUT2D eigenvalue weighted by atomic mass is 9.32. The van der Waals surface area contributed by atoms with E-state index in [1.807, 2.05) is 23.5 Å². The number of anilines is 18. The highest BCUT2D eigenvalue weighted by molar-refractivity contribution is 8.00. The normalized spacial score (nSPS) is 15.7. The van der Waals surface area contributed by atoms with E-state index < -0.39 is 0 Å². The summed E-state index contributed by atoms with van der Waals surface area (Å²) in [5, 5.41) is 0. The first kappa shape index (κ1) is 59.7. The van der Waals surface area contributed by atoms with Crippen molar-refractivity contribution in [3.05, 3.63) is 326 Å². The Hall–Kier alpha value is -12.5. The molecule has 8 nitrogen and oxygen atoms in total. The third kappa shape index (κ3) is 7.70. The van der Waals surface area contributed by atoms with Gasteiger partial charge < -0.3 is 38.9 Å². The van der Waals surface area contributed by atoms with Gasteiger partial charge in [-0.25, -0.2) is 0 Å². The molecule has 25 rings (SSSR count). The molecule has 0 radical (unpaired) electrons. The van der Waals surface area contributed by atoms with Crippen LogP contribution in [0.2, 0.25) is 0 Å². The molecule has 10 aliphatic rings. The molecule has 0 saturated carbocycles. The molecule has 15 aromatic carbocycles. The minimum atomic E-state index is -0.258. The van der Waals surface area contributed by atoms with E-state index in [2.05, 4.69) is 360 Å². The zero-order chi connectivity index (χ0) is 70.9. The first-order valence-corrected chi connectivity index (χ1v) is 39.1. The van der Waals surface area contributed by atoms with Crippen molar-refractivity contribution in [2.75, 3.05) is 29.4 Å². The third-order valence-corrected chi connectivity index (χ3v) is 27.2. The molecular formula is C96H62B2N6O2S2. The summed E-state index contributed by atoms with van der Waals surface area (Å²) in [6.45, 7) is 9.43. The summed E-state index contributed by atoms with van der Waals surface area (Å²) in [4.78, 5) is 20.1. The van der Waals surface area contributed by atoms with E-state index in [4.69, 9.17) is 9.47 Å². The lowest BCUT2D eigenvalue weighted by Crippen LogP contribution is -2.63. The number of fused-ring (bicyclic) bond motifs is 20. The Balaban J connectivity index is 0.701. The second kappa shape index (κ2) is 21.2. The summed E-state index contributed by atoms with van der Waals surface area (Å²) < 4.78 is 14.5. The molecule has 0 unspecified atom stereocenters. The highest BCUT2D eigenvalue weighted by Gasteiger charge is 2.53. The van der Waals surface area contributed by atoms with Gasteiger partial charge in [-0.05, 0) is 205 Å². The van der Waals surface area contributed by atoms with Crippen molar-refractivity contribution < 1.29 is 9.47 Å². The first-order chi connectivity index (χ1) is 53.1. The summed E-state index contributed by atoms with van der Waals surface area (Å²) in [5.41, 5.74) is 37.5. The van der Waals surface area contributed by atoms with Crippen molar-refractivity contribution in [3.8, 4) is 45.3 Å². The smallest absolute Gasteiger partial charge is 0.252 e. The van der Waals surface area contributed by atoms with Crippen molar-refractivity contribution in [2.24, 2.45) is 0 Å². The number of hydrogen-bond donors (Lipinski definition) is 0. The van der Waals surface area contributed by atoms with E-state index in [1.54, 1.807) is 0 Å². The Bertz CT molecular complexity index is 6430. The molecule has 0 saturated heterocycles. The molecule has 0 amide bonds. The number of nitrogens with zero attached hydrogens (tertiary/aromatic N) is 6. The summed E-state index contributed by atoms with van der Waals surface area (Å²) in [5.74, 6) is 3.27. The molecule has 0 fully saturated rings. The number of benzene rings is 15. The maximum atomic E-state index is 7.46. The fourth-order valence-corrected chi connectivity index (χ4v) is 22.5. The molecule has 0 atom stereocenters. The standard InChI is InChI=1S/C96H62B2N6O2S2/c1-95(2)61-24-5-7-31-69(61)101-79-53-59(54-80-89(79)97(65-28-20-26-63(95)90(65)101)66-29-21-27-64-91(66)102(80)70-32-8-6-25-62(70)96(64,3)4)100-75-37-13-18-44-87(75)108-94-60(23-19-38-76(94)100)57-49-68-93-84(52-57)106-82-40-15-10-34-72(82)104(93)78-51-56(50-77-88(78)98(68)67-30-22-41-83-92(67)103(77)71-33-9-14-39-81(71)105-83)55-45-47-58(48-46-55)99-73-35-11-16-42-85(73)107-86-43-17-12-36-74(86)99/h5-54H,1-4H3. The molecule has 0 N–H and O–H groups in total. The molecule has 12 heteroatoms. The molecule has 0 aliphatic carbocycles. The Morgan fingerprint density at radius 2 is 0.667 bits per heavy atom. The van der Waals surface area contributed by atoms with E-state index in [9.17, 15) is 0 Å². The van der Waals surface area contributed by atoms with Crippen molar-refractivity contribution in [1.82, 2.24) is 0 Å². The number of hydrogen-bond acceptors (Lipinski definition) is 10. The lowest BCUT2D eigenvalue weighted by molar-refractivity contribution is 0.477. The van der Waals surface area contributed by atoms with Crippen molar-refractivity contribution in [1.29, 1.82) is 0 Å². The molecule has 15 aromatic rings. The zero-order valence-corrected chi connectivity index (χ0v) is 61.0. The van der Waals surface area contributed by atoms with Crippen LogP contribution in [0, 0.1) is 0 Å². The second-order valence-electron chi connectivity index (χ2n) is 31.0. The SMILES string of the molecule is CC1(C)c2ccccc2N2c3cc(N4c5ccccc5Sc5c(-c6cc7c8c(c6)B6c9cccc%10c9N(c9ccccc9O%10)c9cc(-c%10ccc(N%11c%12ccccc%12Sc%12ccccc%12%11)cc%10)cc(c96)N8c6ccccc6O7)cccc54)cc4c3B(c3cccc1c32)c1cccc2c1N4c1ccccc1C2(C)C. The van der Waals surface area contributed by atoms with Crippen molar-refractivity contribution >= 4 is 172 Å². The van der Waals surface area contributed by atoms with Gasteiger partial charge in [-0.15, -0.1) is 0 Å². The molecule has 108 heavy (non-hydrogen) atoms. The molecule has 10 heterocycles. The van der Waals surface area contributed by atoms with E-state index >= 15 is 0 Å². The van der Waals surface area contributed by atoms with E-state index in [0.717, 1.165) is 102 Å². The Morgan fingerprint density at radius 1 is 0.259 bits per heavy atom. The van der Waals surface area contributed by atoms with Crippen LogP contribution in [0.25, 0.3) is 22.3 Å². The van der Waals surface area contributed by atoms with Crippen LogP contribution in [0.15, 0.2) is 323 Å². The van der Waals surface area contributed by atoms with Gasteiger partial charge in [-0.2, -0.15) is 0 Å². The van der Waals surface area contributed by atoms with Crippen LogP contribution in [0.4, 0.5) is 102 Å². The van der Waals surface area contributed by atoms with Crippen LogP contribution < -0.4 is 71.7 Å². The average molecular weight is 1420 g/mol. The minimum absolute atomic E-state index is 0.0237. The van der Waals surface area contributed by atoms with Gasteiger partial charge in [0.1, 0.15) is 0 Å². The fraction of sp³-hybridized carbons (Fsp3) is 0.0625. The van der Waals surface area contributed by atoms with Crippen LogP contribution in [0.5, 0.6) is 23.0 Å². The number of para-hydroxylation sites is 12. The first-order valence-electron chi connectivity index (χ1n) is 37.4. The minimum Gasteiger partial charge on any atom is -0.453 e. The third-order valence-electron chi connectivity index (χ3n) is 24.9. The lowest BCUT2D eigenvalue weighted by Gasteiger charge is -2.52. The topological polar surface area (TPSA) is 37.9 Å². The predicted molar refractivity (Wildman–Crippen MR) is 447 cm³/mol. The average Bonchev–Trinajstić information content (AvgIpc) is 0.665. The van der Waals surface area contributed by atoms with Crippen molar-refractivity contribution in [2.45, 2.75) is 58.1 Å². The van der Waals surface area contributed by atoms with Crippen molar-refractivity contribution in [3.63, 3.8) is 0 Å². The Kier molecular flexibility index (Phi) is 11.7. The summed E-state index contributed by atoms with van der Waals surface area (Å²) in [7, 11) is 0. The highest BCUT2D eigenvalue weighted by Crippen LogP contribution is 2.64. The molecule has 0 spiro atoms. The van der Waals surface area contributed by atoms with Gasteiger partial charge >= 0.3 is 0 Å². The van der Waals surface area contributed by atoms with Crippen LogP contribution in [-0.4, -0.2) is 13.4 Å². The molecule has 10 aliphatic heterocycles. The van der Waals surface area contributed by atoms with Crippen LogP contribution >= 0.6 is 23.5 Å². The quantitative estimate of drug-likeness (QED) is 0.159.